The lowest BCUT2D eigenvalue weighted by atomic mass is 9.92. The summed E-state index contributed by atoms with van der Waals surface area (Å²) in [5.41, 5.74) is 8.06. The lowest BCUT2D eigenvalue weighted by Gasteiger charge is -2.27. The molecule has 2 N–H and O–H groups in total. The van der Waals surface area contributed by atoms with Gasteiger partial charge in [0.2, 0.25) is 0 Å². The number of carbonyl (C=O) groups is 1. The van der Waals surface area contributed by atoms with E-state index in [4.69, 9.17) is 10.5 Å². The average Bonchev–Trinajstić information content (AvgIpc) is 2.25. The summed E-state index contributed by atoms with van der Waals surface area (Å²) in [7, 11) is 5.26. The van der Waals surface area contributed by atoms with Crippen molar-refractivity contribution in [1.29, 1.82) is 0 Å². The lowest BCUT2D eigenvalue weighted by Crippen LogP contribution is -2.31. The van der Waals surface area contributed by atoms with Gasteiger partial charge in [-0.05, 0) is 37.6 Å². The number of ether oxygens (including phenoxy) is 1. The van der Waals surface area contributed by atoms with Gasteiger partial charge in [-0.3, -0.25) is 0 Å². The molecule has 0 unspecified atom stereocenters. The van der Waals surface area contributed by atoms with Crippen LogP contribution in [0.5, 0.6) is 0 Å². The Hall–Kier alpha value is -1.55. The number of nitrogens with two attached hydrogens (primary N) is 1. The summed E-state index contributed by atoms with van der Waals surface area (Å²) in [5, 5.41) is 0. The van der Waals surface area contributed by atoms with Crippen LogP contribution >= 0.6 is 0 Å². The molecular weight excluding hydrogens is 216 g/mol. The zero-order chi connectivity index (χ0) is 13.2. The molecule has 1 rings (SSSR count). The molecule has 0 amide bonds. The molecule has 4 heteroatoms. The molecule has 0 aliphatic heterocycles. The zero-order valence-electron chi connectivity index (χ0n) is 11.1. The largest absolute Gasteiger partial charge is 0.465 e. The maximum absolute atomic E-state index is 11.5. The molecule has 0 spiro atoms. The number of nitrogens with zero attached hydrogens (tertiary/aromatic N) is 1. The van der Waals surface area contributed by atoms with Crippen LogP contribution in [0.4, 0.5) is 5.69 Å². The standard InChI is InChI=1S/C13H20N2O2/c1-13(2,14)10-8-9(12(16)17-5)6-7-11(10)15(3)4/h6-8H,14H2,1-5H3. The van der Waals surface area contributed by atoms with E-state index < -0.39 is 5.54 Å². The molecule has 0 heterocycles. The van der Waals surface area contributed by atoms with E-state index in [1.54, 1.807) is 12.1 Å². The Morgan fingerprint density at radius 2 is 1.94 bits per heavy atom. The van der Waals surface area contributed by atoms with E-state index in [9.17, 15) is 4.79 Å². The number of esters is 1. The van der Waals surface area contributed by atoms with Crippen LogP contribution in [-0.4, -0.2) is 27.2 Å². The Bertz CT molecular complexity index is 420. The van der Waals surface area contributed by atoms with Crippen molar-refractivity contribution in [1.82, 2.24) is 0 Å². The smallest absolute Gasteiger partial charge is 0.337 e. The van der Waals surface area contributed by atoms with Gasteiger partial charge in [0.1, 0.15) is 0 Å². The van der Waals surface area contributed by atoms with Crippen molar-refractivity contribution in [3.8, 4) is 0 Å². The van der Waals surface area contributed by atoms with Crippen LogP contribution in [-0.2, 0) is 10.3 Å². The fourth-order valence-corrected chi connectivity index (χ4v) is 1.69. The first-order valence-corrected chi connectivity index (χ1v) is 5.46. The van der Waals surface area contributed by atoms with Crippen LogP contribution in [0.25, 0.3) is 0 Å². The number of hydrogen-bond acceptors (Lipinski definition) is 4. The Morgan fingerprint density at radius 1 is 1.35 bits per heavy atom. The van der Waals surface area contributed by atoms with Crippen molar-refractivity contribution in [2.75, 3.05) is 26.1 Å². The molecule has 0 aliphatic carbocycles. The van der Waals surface area contributed by atoms with Crippen molar-refractivity contribution in [2.45, 2.75) is 19.4 Å². The third-order valence-electron chi connectivity index (χ3n) is 2.59. The first-order valence-electron chi connectivity index (χ1n) is 5.46. The number of hydrogen-bond donors (Lipinski definition) is 1. The number of carbonyl (C=O) groups excluding carboxylic acids is 1. The van der Waals surface area contributed by atoms with E-state index in [1.807, 2.05) is 38.9 Å². The second-order valence-corrected chi connectivity index (χ2v) is 4.84. The Morgan fingerprint density at radius 3 is 2.35 bits per heavy atom. The quantitative estimate of drug-likeness (QED) is 0.812. The van der Waals surface area contributed by atoms with Gasteiger partial charge in [0.15, 0.2) is 0 Å². The fraction of sp³-hybridized carbons (Fsp3) is 0.462. The highest BCUT2D eigenvalue weighted by molar-refractivity contribution is 5.90. The van der Waals surface area contributed by atoms with Gasteiger partial charge in [0.05, 0.1) is 12.7 Å². The Kier molecular flexibility index (Phi) is 3.78. The Balaban J connectivity index is 3.35. The van der Waals surface area contributed by atoms with Crippen LogP contribution in [0.15, 0.2) is 18.2 Å². The average molecular weight is 236 g/mol. The molecule has 0 radical (unpaired) electrons. The van der Waals surface area contributed by atoms with Crippen molar-refractivity contribution in [3.05, 3.63) is 29.3 Å². The summed E-state index contributed by atoms with van der Waals surface area (Å²) >= 11 is 0. The topological polar surface area (TPSA) is 55.6 Å². The van der Waals surface area contributed by atoms with Gasteiger partial charge in [-0.15, -0.1) is 0 Å². The van der Waals surface area contributed by atoms with Crippen LogP contribution in [0.2, 0.25) is 0 Å². The minimum Gasteiger partial charge on any atom is -0.465 e. The van der Waals surface area contributed by atoms with Crippen LogP contribution in [0.1, 0.15) is 29.8 Å². The van der Waals surface area contributed by atoms with E-state index in [0.717, 1.165) is 11.3 Å². The summed E-state index contributed by atoms with van der Waals surface area (Å²) in [4.78, 5) is 13.5. The van der Waals surface area contributed by atoms with Crippen LogP contribution in [0, 0.1) is 0 Å². The summed E-state index contributed by atoms with van der Waals surface area (Å²) < 4.78 is 4.71. The van der Waals surface area contributed by atoms with E-state index in [2.05, 4.69) is 0 Å². The minimum absolute atomic E-state index is 0.346. The SMILES string of the molecule is COC(=O)c1ccc(N(C)C)c(C(C)(C)N)c1. The molecular formula is C13H20N2O2. The molecule has 0 atom stereocenters. The zero-order valence-corrected chi connectivity index (χ0v) is 11.1. The van der Waals surface area contributed by atoms with Crippen molar-refractivity contribution in [2.24, 2.45) is 5.73 Å². The predicted octanol–water partition coefficient (Wildman–Crippen LogP) is 1.73. The van der Waals surface area contributed by atoms with Crippen molar-refractivity contribution >= 4 is 11.7 Å². The molecule has 17 heavy (non-hydrogen) atoms. The fourth-order valence-electron chi connectivity index (χ4n) is 1.69. The third kappa shape index (κ3) is 2.97. The predicted molar refractivity (Wildman–Crippen MR) is 69.3 cm³/mol. The molecule has 4 nitrogen and oxygen atoms in total. The van der Waals surface area contributed by atoms with Gasteiger partial charge in [0, 0.05) is 25.3 Å². The molecule has 1 aromatic carbocycles. The van der Waals surface area contributed by atoms with E-state index >= 15 is 0 Å². The van der Waals surface area contributed by atoms with E-state index in [1.165, 1.54) is 7.11 Å². The van der Waals surface area contributed by atoms with Gasteiger partial charge in [0.25, 0.3) is 0 Å². The van der Waals surface area contributed by atoms with Crippen molar-refractivity contribution in [3.63, 3.8) is 0 Å². The second kappa shape index (κ2) is 4.75. The molecule has 0 saturated heterocycles. The van der Waals surface area contributed by atoms with E-state index in [0.29, 0.717) is 5.56 Å². The van der Waals surface area contributed by atoms with Gasteiger partial charge in [-0.2, -0.15) is 0 Å². The number of anilines is 1. The normalized spacial score (nSPS) is 11.2. The van der Waals surface area contributed by atoms with Gasteiger partial charge in [-0.25, -0.2) is 4.79 Å². The monoisotopic (exact) mass is 236 g/mol. The number of methoxy groups -OCH3 is 1. The number of rotatable bonds is 3. The van der Waals surface area contributed by atoms with Gasteiger partial charge in [-0.1, -0.05) is 0 Å². The molecule has 0 fully saturated rings. The summed E-state index contributed by atoms with van der Waals surface area (Å²) in [5.74, 6) is -0.346. The van der Waals surface area contributed by atoms with Crippen LogP contribution < -0.4 is 10.6 Å². The lowest BCUT2D eigenvalue weighted by molar-refractivity contribution is 0.0600. The highest BCUT2D eigenvalue weighted by atomic mass is 16.5. The minimum atomic E-state index is -0.510. The summed E-state index contributed by atoms with van der Waals surface area (Å²) in [6.45, 7) is 3.83. The first kappa shape index (κ1) is 13.5. The molecule has 0 aromatic heterocycles. The summed E-state index contributed by atoms with van der Waals surface area (Å²) in [6, 6.07) is 5.42. The maximum atomic E-state index is 11.5. The Labute approximate surface area is 102 Å². The van der Waals surface area contributed by atoms with E-state index in [-0.39, 0.29) is 5.97 Å². The summed E-state index contributed by atoms with van der Waals surface area (Å²) in [6.07, 6.45) is 0. The highest BCUT2D eigenvalue weighted by Gasteiger charge is 2.21. The molecule has 0 aliphatic rings. The molecule has 1 aromatic rings. The molecule has 94 valence electrons. The van der Waals surface area contributed by atoms with Gasteiger partial charge >= 0.3 is 5.97 Å². The first-order chi connectivity index (χ1) is 7.77. The van der Waals surface area contributed by atoms with Crippen LogP contribution in [0.3, 0.4) is 0 Å². The van der Waals surface area contributed by atoms with Gasteiger partial charge < -0.3 is 15.4 Å². The van der Waals surface area contributed by atoms with Crippen molar-refractivity contribution < 1.29 is 9.53 Å². The second-order valence-electron chi connectivity index (χ2n) is 4.84. The highest BCUT2D eigenvalue weighted by Crippen LogP contribution is 2.29. The molecule has 0 bridgehead atoms. The third-order valence-corrected chi connectivity index (χ3v) is 2.59. The maximum Gasteiger partial charge on any atom is 0.337 e. The molecule has 0 saturated carbocycles. The number of benzene rings is 1.